The zero-order valence-corrected chi connectivity index (χ0v) is 14.2. The van der Waals surface area contributed by atoms with Crippen molar-refractivity contribution >= 4 is 17.7 Å². The molecule has 2 aromatic rings. The van der Waals surface area contributed by atoms with Crippen LogP contribution in [0.5, 0.6) is 5.75 Å². The van der Waals surface area contributed by atoms with Gasteiger partial charge in [0.25, 0.3) is 5.69 Å². The molecule has 25 heavy (non-hydrogen) atoms. The molecule has 1 amide bonds. The molecular weight excluding hydrogens is 320 g/mol. The molecule has 0 saturated heterocycles. The van der Waals surface area contributed by atoms with E-state index in [1.54, 1.807) is 12.1 Å². The van der Waals surface area contributed by atoms with E-state index in [1.165, 1.54) is 24.3 Å². The first kappa shape index (κ1) is 18.2. The van der Waals surface area contributed by atoms with Gasteiger partial charge < -0.3 is 10.1 Å². The van der Waals surface area contributed by atoms with Crippen LogP contribution in [0, 0.1) is 24.0 Å². The molecule has 0 heterocycles. The Labute approximate surface area is 146 Å². The molecule has 6 nitrogen and oxygen atoms in total. The van der Waals surface area contributed by atoms with Gasteiger partial charge in [-0.1, -0.05) is 18.2 Å². The van der Waals surface area contributed by atoms with E-state index in [0.717, 1.165) is 16.9 Å². The highest BCUT2D eigenvalue weighted by atomic mass is 16.6. The third kappa shape index (κ3) is 6.10. The zero-order valence-electron chi connectivity index (χ0n) is 14.2. The second-order valence-electron chi connectivity index (χ2n) is 5.65. The molecular formula is C19H20N2O4. The van der Waals surface area contributed by atoms with E-state index in [2.05, 4.69) is 11.4 Å². The number of carbonyl (C=O) groups excluding carboxylic acids is 1. The van der Waals surface area contributed by atoms with E-state index in [1.807, 2.05) is 26.0 Å². The molecule has 0 spiro atoms. The summed E-state index contributed by atoms with van der Waals surface area (Å²) in [4.78, 5) is 22.0. The van der Waals surface area contributed by atoms with Crippen LogP contribution in [0.15, 0.2) is 48.5 Å². The number of carbonyl (C=O) groups is 1. The van der Waals surface area contributed by atoms with Gasteiger partial charge in [0.2, 0.25) is 5.91 Å². The van der Waals surface area contributed by atoms with Gasteiger partial charge in [0, 0.05) is 18.2 Å². The SMILES string of the molecule is Cc1cc(C)cc(OCCNC(=O)/C=C/c2cccc([N+](=O)[O-])c2)c1. The molecule has 0 aliphatic heterocycles. The van der Waals surface area contributed by atoms with Gasteiger partial charge in [-0.25, -0.2) is 0 Å². The standard InChI is InChI=1S/C19H20N2O4/c1-14-10-15(2)12-18(11-14)25-9-8-20-19(22)7-6-16-4-3-5-17(13-16)21(23)24/h3-7,10-13H,8-9H2,1-2H3,(H,20,22)/b7-6+. The van der Waals surface area contributed by atoms with Gasteiger partial charge in [0.15, 0.2) is 0 Å². The quantitative estimate of drug-likeness (QED) is 0.362. The number of benzene rings is 2. The fraction of sp³-hybridized carbons (Fsp3) is 0.211. The molecule has 1 N–H and O–H groups in total. The van der Waals surface area contributed by atoms with Gasteiger partial charge in [-0.3, -0.25) is 14.9 Å². The number of rotatable bonds is 7. The van der Waals surface area contributed by atoms with Crippen molar-refractivity contribution in [1.82, 2.24) is 5.32 Å². The highest BCUT2D eigenvalue weighted by Gasteiger charge is 2.04. The van der Waals surface area contributed by atoms with Crippen molar-refractivity contribution in [2.75, 3.05) is 13.2 Å². The van der Waals surface area contributed by atoms with Crippen LogP contribution in [0.25, 0.3) is 6.08 Å². The summed E-state index contributed by atoms with van der Waals surface area (Å²) in [5.41, 5.74) is 2.83. The van der Waals surface area contributed by atoms with Crippen molar-refractivity contribution in [3.63, 3.8) is 0 Å². The number of nitrogens with one attached hydrogen (secondary N) is 1. The molecule has 0 fully saturated rings. The maximum atomic E-state index is 11.8. The molecule has 2 aromatic carbocycles. The van der Waals surface area contributed by atoms with Crippen LogP contribution in [-0.4, -0.2) is 24.0 Å². The lowest BCUT2D eigenvalue weighted by Gasteiger charge is -2.08. The molecule has 6 heteroatoms. The van der Waals surface area contributed by atoms with E-state index in [-0.39, 0.29) is 11.6 Å². The van der Waals surface area contributed by atoms with Crippen LogP contribution < -0.4 is 10.1 Å². The highest BCUT2D eigenvalue weighted by Crippen LogP contribution is 2.16. The topological polar surface area (TPSA) is 81.5 Å². The average Bonchev–Trinajstić information content (AvgIpc) is 2.56. The van der Waals surface area contributed by atoms with E-state index < -0.39 is 4.92 Å². The molecule has 0 saturated carbocycles. The third-order valence-electron chi connectivity index (χ3n) is 3.37. The molecule has 2 rings (SSSR count). The summed E-state index contributed by atoms with van der Waals surface area (Å²) >= 11 is 0. The van der Waals surface area contributed by atoms with Crippen LogP contribution in [0.1, 0.15) is 16.7 Å². The van der Waals surface area contributed by atoms with Gasteiger partial charge in [0.05, 0.1) is 11.5 Å². The summed E-state index contributed by atoms with van der Waals surface area (Å²) in [5.74, 6) is 0.495. The van der Waals surface area contributed by atoms with Crippen LogP contribution >= 0.6 is 0 Å². The van der Waals surface area contributed by atoms with Crippen molar-refractivity contribution in [3.05, 3.63) is 75.3 Å². The Morgan fingerprint density at radius 1 is 1.20 bits per heavy atom. The van der Waals surface area contributed by atoms with Crippen LogP contribution in [-0.2, 0) is 4.79 Å². The minimum atomic E-state index is -0.470. The Hall–Kier alpha value is -3.15. The van der Waals surface area contributed by atoms with Crippen molar-refractivity contribution in [3.8, 4) is 5.75 Å². The second kappa shape index (κ2) is 8.63. The Kier molecular flexibility index (Phi) is 6.28. The zero-order chi connectivity index (χ0) is 18.2. The van der Waals surface area contributed by atoms with Gasteiger partial charge in [-0.2, -0.15) is 0 Å². The number of hydrogen-bond donors (Lipinski definition) is 1. The van der Waals surface area contributed by atoms with Crippen LogP contribution in [0.2, 0.25) is 0 Å². The summed E-state index contributed by atoms with van der Waals surface area (Å²) in [6, 6.07) is 12.0. The molecule has 0 radical (unpaired) electrons. The van der Waals surface area contributed by atoms with Gasteiger partial charge >= 0.3 is 0 Å². The predicted molar refractivity (Wildman–Crippen MR) is 96.6 cm³/mol. The number of nitrogens with zero attached hydrogens (tertiary/aromatic N) is 1. The van der Waals surface area contributed by atoms with Crippen molar-refractivity contribution < 1.29 is 14.5 Å². The lowest BCUT2D eigenvalue weighted by molar-refractivity contribution is -0.384. The normalized spacial score (nSPS) is 10.6. The van der Waals surface area contributed by atoms with Crippen LogP contribution in [0.3, 0.4) is 0 Å². The fourth-order valence-electron chi connectivity index (χ4n) is 2.33. The van der Waals surface area contributed by atoms with Crippen molar-refractivity contribution in [2.45, 2.75) is 13.8 Å². The van der Waals surface area contributed by atoms with Gasteiger partial charge in [0.1, 0.15) is 12.4 Å². The number of hydrogen-bond acceptors (Lipinski definition) is 4. The second-order valence-corrected chi connectivity index (χ2v) is 5.65. The maximum absolute atomic E-state index is 11.8. The number of nitro benzene ring substituents is 1. The summed E-state index contributed by atoms with van der Waals surface area (Å²) in [7, 11) is 0. The first-order valence-electron chi connectivity index (χ1n) is 7.85. The summed E-state index contributed by atoms with van der Waals surface area (Å²) in [6.45, 7) is 4.73. The number of amides is 1. The van der Waals surface area contributed by atoms with Crippen molar-refractivity contribution in [2.24, 2.45) is 0 Å². The first-order chi connectivity index (χ1) is 11.9. The van der Waals surface area contributed by atoms with E-state index in [9.17, 15) is 14.9 Å². The van der Waals surface area contributed by atoms with E-state index in [0.29, 0.717) is 18.7 Å². The molecule has 0 aliphatic rings. The fourth-order valence-corrected chi connectivity index (χ4v) is 2.33. The van der Waals surface area contributed by atoms with E-state index in [4.69, 9.17) is 4.74 Å². The smallest absolute Gasteiger partial charge is 0.270 e. The Morgan fingerprint density at radius 2 is 1.92 bits per heavy atom. The predicted octanol–water partition coefficient (Wildman–Crippen LogP) is 3.42. The third-order valence-corrected chi connectivity index (χ3v) is 3.37. The van der Waals surface area contributed by atoms with Crippen molar-refractivity contribution in [1.29, 1.82) is 0 Å². The Balaban J connectivity index is 1.78. The first-order valence-corrected chi connectivity index (χ1v) is 7.85. The summed E-state index contributed by atoms with van der Waals surface area (Å²) in [5, 5.41) is 13.4. The monoisotopic (exact) mass is 340 g/mol. The number of ether oxygens (including phenoxy) is 1. The molecule has 0 bridgehead atoms. The minimum absolute atomic E-state index is 0.00981. The molecule has 0 atom stereocenters. The number of nitro groups is 1. The molecule has 0 aromatic heterocycles. The van der Waals surface area contributed by atoms with Crippen LogP contribution in [0.4, 0.5) is 5.69 Å². The summed E-state index contributed by atoms with van der Waals surface area (Å²) < 4.78 is 5.61. The lowest BCUT2D eigenvalue weighted by Crippen LogP contribution is -2.26. The Bertz CT molecular complexity index is 780. The largest absolute Gasteiger partial charge is 0.492 e. The Morgan fingerprint density at radius 3 is 2.60 bits per heavy atom. The van der Waals surface area contributed by atoms with E-state index >= 15 is 0 Å². The maximum Gasteiger partial charge on any atom is 0.270 e. The van der Waals surface area contributed by atoms with Gasteiger partial charge in [-0.05, 0) is 48.7 Å². The molecule has 0 aliphatic carbocycles. The van der Waals surface area contributed by atoms with Gasteiger partial charge in [-0.15, -0.1) is 0 Å². The highest BCUT2D eigenvalue weighted by molar-refractivity contribution is 5.91. The lowest BCUT2D eigenvalue weighted by atomic mass is 10.1. The number of non-ortho nitro benzene ring substituents is 1. The summed E-state index contributed by atoms with van der Waals surface area (Å²) in [6.07, 6.45) is 2.88. The number of aryl methyl sites for hydroxylation is 2. The minimum Gasteiger partial charge on any atom is -0.492 e. The molecule has 130 valence electrons. The molecule has 0 unspecified atom stereocenters. The average molecular weight is 340 g/mol.